The van der Waals surface area contributed by atoms with Crippen LogP contribution in [0, 0.1) is 41.5 Å². The van der Waals surface area contributed by atoms with Crippen molar-refractivity contribution in [1.29, 1.82) is 0 Å². The monoisotopic (exact) mass is 620 g/mol. The van der Waals surface area contributed by atoms with Crippen molar-refractivity contribution in [2.24, 2.45) is 0 Å². The zero-order chi connectivity index (χ0) is 33.5. The molecule has 2 heterocycles. The Balaban J connectivity index is 1.76. The number of hydrogen-bond acceptors (Lipinski definition) is 4. The molecule has 4 aromatic carbocycles. The lowest BCUT2D eigenvalue weighted by Crippen LogP contribution is -2.31. The molecule has 0 amide bonds. The number of anilines is 4. The van der Waals surface area contributed by atoms with Gasteiger partial charge in [-0.3, -0.25) is 0 Å². The molecule has 1 atom stereocenters. The number of rotatable bonds is 5. The number of hydrogen-bond donors (Lipinski definition) is 1. The van der Waals surface area contributed by atoms with E-state index in [2.05, 4.69) is 164 Å². The minimum absolute atomic E-state index is 0.0109. The van der Waals surface area contributed by atoms with Crippen molar-refractivity contribution in [2.75, 3.05) is 10.2 Å². The summed E-state index contributed by atoms with van der Waals surface area (Å²) in [6.07, 6.45) is 6.80. The normalized spacial score (nSPS) is 16.2. The Bertz CT molecular complexity index is 1920. The minimum Gasteiger partial charge on any atom is -0.337 e. The highest BCUT2D eigenvalue weighted by Crippen LogP contribution is 2.45. The molecule has 0 aliphatic carbocycles. The SMILES string of the molecule is CCC1(CC)/C=C\C(C)N(c2ccccc2)c2nc(-c3c(C)cc(C)cc3C)c(-c3c(C)cc(C)cc3C)nc2Nc2ccccc21. The maximum Gasteiger partial charge on any atom is 0.177 e. The van der Waals surface area contributed by atoms with Crippen molar-refractivity contribution < 1.29 is 0 Å². The van der Waals surface area contributed by atoms with Gasteiger partial charge in [-0.2, -0.15) is 0 Å². The second-order valence-electron chi connectivity index (χ2n) is 13.5. The van der Waals surface area contributed by atoms with Crippen LogP contribution in [0.3, 0.4) is 0 Å². The average molecular weight is 621 g/mol. The number of para-hydroxylation sites is 2. The van der Waals surface area contributed by atoms with Crippen LogP contribution < -0.4 is 10.2 Å². The third kappa shape index (κ3) is 5.86. The maximum absolute atomic E-state index is 5.71. The summed E-state index contributed by atoms with van der Waals surface area (Å²) >= 11 is 0. The van der Waals surface area contributed by atoms with Crippen molar-refractivity contribution in [3.63, 3.8) is 0 Å². The molecule has 1 N–H and O–H groups in total. The van der Waals surface area contributed by atoms with Gasteiger partial charge in [-0.05, 0) is 107 Å². The highest BCUT2D eigenvalue weighted by molar-refractivity contribution is 5.89. The van der Waals surface area contributed by atoms with Gasteiger partial charge in [-0.1, -0.05) is 97.8 Å². The van der Waals surface area contributed by atoms with E-state index in [4.69, 9.17) is 9.97 Å². The third-order valence-corrected chi connectivity index (χ3v) is 10.0. The Hall–Kier alpha value is -4.70. The number of nitrogens with zero attached hydrogens (tertiary/aromatic N) is 3. The maximum atomic E-state index is 5.71. The largest absolute Gasteiger partial charge is 0.337 e. The number of aromatic nitrogens is 2. The van der Waals surface area contributed by atoms with Gasteiger partial charge < -0.3 is 10.2 Å². The van der Waals surface area contributed by atoms with Gasteiger partial charge in [-0.25, -0.2) is 9.97 Å². The number of fused-ring (bicyclic) bond motifs is 2. The van der Waals surface area contributed by atoms with E-state index in [0.717, 1.165) is 58.4 Å². The molecule has 47 heavy (non-hydrogen) atoms. The first-order valence-electron chi connectivity index (χ1n) is 17.1. The summed E-state index contributed by atoms with van der Waals surface area (Å²) in [4.78, 5) is 13.7. The summed E-state index contributed by atoms with van der Waals surface area (Å²) in [5.74, 6) is 1.56. The van der Waals surface area contributed by atoms with Gasteiger partial charge >= 0.3 is 0 Å². The molecule has 1 aliphatic rings. The molecule has 240 valence electrons. The van der Waals surface area contributed by atoms with Gasteiger partial charge in [0.05, 0.1) is 17.4 Å². The molecule has 0 bridgehead atoms. The predicted octanol–water partition coefficient (Wildman–Crippen LogP) is 11.6. The van der Waals surface area contributed by atoms with E-state index in [-0.39, 0.29) is 11.5 Å². The molecule has 1 aromatic heterocycles. The summed E-state index contributed by atoms with van der Waals surface area (Å²) < 4.78 is 0. The average Bonchev–Trinajstić information content (AvgIpc) is 3.03. The van der Waals surface area contributed by atoms with Crippen LogP contribution in [0.25, 0.3) is 22.5 Å². The highest BCUT2D eigenvalue weighted by atomic mass is 15.3. The quantitative estimate of drug-likeness (QED) is 0.199. The van der Waals surface area contributed by atoms with Gasteiger partial charge in [0, 0.05) is 27.9 Å². The predicted molar refractivity (Wildman–Crippen MR) is 200 cm³/mol. The molecule has 0 saturated heterocycles. The molecule has 1 unspecified atom stereocenters. The van der Waals surface area contributed by atoms with Crippen molar-refractivity contribution in [3.05, 3.63) is 130 Å². The molecular formula is C43H48N4. The minimum atomic E-state index is -0.117. The van der Waals surface area contributed by atoms with E-state index >= 15 is 0 Å². The second-order valence-corrected chi connectivity index (χ2v) is 13.5. The number of nitrogens with one attached hydrogen (secondary N) is 1. The van der Waals surface area contributed by atoms with Gasteiger partial charge in [0.15, 0.2) is 11.6 Å². The smallest absolute Gasteiger partial charge is 0.177 e. The van der Waals surface area contributed by atoms with Crippen molar-refractivity contribution in [2.45, 2.75) is 86.6 Å². The van der Waals surface area contributed by atoms with Crippen LogP contribution in [-0.2, 0) is 5.41 Å². The first-order chi connectivity index (χ1) is 22.6. The number of aryl methyl sites for hydroxylation is 6. The van der Waals surface area contributed by atoms with Crippen LogP contribution in [0.15, 0.2) is 91.0 Å². The first-order valence-corrected chi connectivity index (χ1v) is 17.1. The Morgan fingerprint density at radius 1 is 0.681 bits per heavy atom. The van der Waals surface area contributed by atoms with E-state index in [1.54, 1.807) is 0 Å². The molecule has 0 radical (unpaired) electrons. The molecular weight excluding hydrogens is 573 g/mol. The van der Waals surface area contributed by atoms with Gasteiger partial charge in [0.2, 0.25) is 0 Å². The standard InChI is InChI=1S/C43H48N4/c1-10-43(11-2)22-21-33(9)47(34-17-13-12-14-18-34)42-41(44-36-20-16-15-19-35(36)43)45-39(37-29(5)23-27(3)24-30(37)6)40(46-42)38-31(7)25-28(4)26-32(38)8/h12-26,33H,10-11H2,1-9H3,(H,44,45)/b22-21-. The van der Waals surface area contributed by atoms with Crippen LogP contribution in [0.5, 0.6) is 0 Å². The fraction of sp³-hybridized carbons (Fsp3) is 0.302. The zero-order valence-corrected chi connectivity index (χ0v) is 29.5. The van der Waals surface area contributed by atoms with Crippen LogP contribution in [-0.4, -0.2) is 16.0 Å². The Kier molecular flexibility index (Phi) is 8.80. The van der Waals surface area contributed by atoms with Gasteiger partial charge in [0.25, 0.3) is 0 Å². The first kappa shape index (κ1) is 32.2. The third-order valence-electron chi connectivity index (χ3n) is 10.0. The zero-order valence-electron chi connectivity index (χ0n) is 29.5. The van der Waals surface area contributed by atoms with E-state index in [0.29, 0.717) is 0 Å². The summed E-state index contributed by atoms with van der Waals surface area (Å²) in [5, 5.41) is 3.88. The molecule has 0 saturated carbocycles. The van der Waals surface area contributed by atoms with Crippen LogP contribution in [0.1, 0.15) is 72.6 Å². The van der Waals surface area contributed by atoms with Crippen molar-refractivity contribution in [1.82, 2.24) is 9.97 Å². The van der Waals surface area contributed by atoms with Crippen LogP contribution in [0.4, 0.5) is 23.0 Å². The van der Waals surface area contributed by atoms with E-state index in [1.165, 1.54) is 38.9 Å². The van der Waals surface area contributed by atoms with Crippen LogP contribution in [0.2, 0.25) is 0 Å². The van der Waals surface area contributed by atoms with E-state index in [1.807, 2.05) is 0 Å². The Morgan fingerprint density at radius 2 is 1.19 bits per heavy atom. The second kappa shape index (κ2) is 12.8. The van der Waals surface area contributed by atoms with Crippen LogP contribution >= 0.6 is 0 Å². The number of benzene rings is 4. The lowest BCUT2D eigenvalue weighted by molar-refractivity contribution is 0.496. The fourth-order valence-corrected chi connectivity index (χ4v) is 7.79. The molecule has 5 aromatic rings. The summed E-state index contributed by atoms with van der Waals surface area (Å²) in [6.45, 7) is 20.0. The van der Waals surface area contributed by atoms with Crippen molar-refractivity contribution in [3.8, 4) is 22.5 Å². The summed E-state index contributed by atoms with van der Waals surface area (Å²) in [5.41, 5.74) is 14.7. The highest BCUT2D eigenvalue weighted by Gasteiger charge is 2.32. The topological polar surface area (TPSA) is 41.1 Å². The fourth-order valence-electron chi connectivity index (χ4n) is 7.79. The molecule has 1 aliphatic heterocycles. The Morgan fingerprint density at radius 3 is 1.74 bits per heavy atom. The Labute approximate surface area is 281 Å². The lowest BCUT2D eigenvalue weighted by Gasteiger charge is -2.36. The molecule has 4 heteroatoms. The van der Waals surface area contributed by atoms with Gasteiger partial charge in [-0.15, -0.1) is 0 Å². The molecule has 0 fully saturated rings. The van der Waals surface area contributed by atoms with E-state index in [9.17, 15) is 0 Å². The summed E-state index contributed by atoms with van der Waals surface area (Å²) in [7, 11) is 0. The molecule has 0 spiro atoms. The summed E-state index contributed by atoms with van der Waals surface area (Å²) in [6, 6.07) is 28.4. The van der Waals surface area contributed by atoms with Gasteiger partial charge in [0.1, 0.15) is 0 Å². The molecule has 4 nitrogen and oxygen atoms in total. The lowest BCUT2D eigenvalue weighted by atomic mass is 9.74. The van der Waals surface area contributed by atoms with E-state index < -0.39 is 0 Å². The van der Waals surface area contributed by atoms with Crippen molar-refractivity contribution >= 4 is 23.0 Å². The molecule has 6 rings (SSSR count). The number of allylic oxidation sites excluding steroid dienone is 1.